The molecule has 0 saturated heterocycles. The van der Waals surface area contributed by atoms with Gasteiger partial charge in [-0.25, -0.2) is 0 Å². The maximum Gasteiger partial charge on any atom is 0.0462 e. The van der Waals surface area contributed by atoms with E-state index in [0.29, 0.717) is 12.5 Å². The predicted molar refractivity (Wildman–Crippen MR) is 42.7 cm³/mol. The lowest BCUT2D eigenvalue weighted by Crippen LogP contribution is -1.88. The maximum absolute atomic E-state index is 8.71. The summed E-state index contributed by atoms with van der Waals surface area (Å²) >= 11 is 0. The van der Waals surface area contributed by atoms with Crippen LogP contribution in [0.25, 0.3) is 0 Å². The highest BCUT2D eigenvalue weighted by molar-refractivity contribution is 4.85. The lowest BCUT2D eigenvalue weighted by atomic mass is 10.1. The minimum absolute atomic E-state index is 0.402. The number of hydrogen-bond donors (Lipinski definition) is 1. The van der Waals surface area contributed by atoms with Gasteiger partial charge in [0.1, 0.15) is 0 Å². The third-order valence-electron chi connectivity index (χ3n) is 2.29. The summed E-state index contributed by atoms with van der Waals surface area (Å²) < 4.78 is 0. The second-order valence-electron chi connectivity index (χ2n) is 3.16. The zero-order valence-corrected chi connectivity index (χ0v) is 6.42. The molecule has 1 rings (SSSR count). The van der Waals surface area contributed by atoms with Gasteiger partial charge in [0.15, 0.2) is 0 Å². The van der Waals surface area contributed by atoms with Crippen molar-refractivity contribution in [2.75, 3.05) is 6.61 Å². The molecule has 0 aliphatic heterocycles. The Bertz CT molecular complexity index is 109. The van der Waals surface area contributed by atoms with Gasteiger partial charge in [0.2, 0.25) is 0 Å². The van der Waals surface area contributed by atoms with Crippen LogP contribution in [0.1, 0.15) is 25.7 Å². The van der Waals surface area contributed by atoms with Crippen LogP contribution in [0.4, 0.5) is 0 Å². The first kappa shape index (κ1) is 7.80. The molecule has 0 amide bonds. The van der Waals surface area contributed by atoms with Crippen molar-refractivity contribution in [2.24, 2.45) is 11.8 Å². The van der Waals surface area contributed by atoms with E-state index in [4.69, 9.17) is 5.11 Å². The van der Waals surface area contributed by atoms with Crippen molar-refractivity contribution < 1.29 is 5.11 Å². The molecule has 0 aromatic heterocycles. The molecule has 1 heteroatoms. The molecule has 1 N–H and O–H groups in total. The second kappa shape index (κ2) is 3.77. The Morgan fingerprint density at radius 1 is 1.50 bits per heavy atom. The van der Waals surface area contributed by atoms with E-state index in [2.05, 4.69) is 6.58 Å². The first-order chi connectivity index (χ1) is 4.88. The molecule has 0 spiro atoms. The van der Waals surface area contributed by atoms with E-state index in [1.807, 2.05) is 6.08 Å². The monoisotopic (exact) mass is 140 g/mol. The number of aliphatic hydroxyl groups is 1. The molecule has 0 unspecified atom stereocenters. The van der Waals surface area contributed by atoms with Crippen LogP contribution in [0.2, 0.25) is 0 Å². The predicted octanol–water partition coefficient (Wildman–Crippen LogP) is 1.97. The molecular formula is C9H16O. The molecule has 0 aromatic rings. The Hall–Kier alpha value is -0.300. The SMILES string of the molecule is C=CCCC[C@H]1C[C@@H]1CO. The normalized spacial score (nSPS) is 30.1. The molecule has 1 aliphatic rings. The van der Waals surface area contributed by atoms with Crippen molar-refractivity contribution in [3.05, 3.63) is 12.7 Å². The molecule has 1 aliphatic carbocycles. The van der Waals surface area contributed by atoms with Crippen LogP contribution in [0.5, 0.6) is 0 Å². The topological polar surface area (TPSA) is 20.2 Å². The first-order valence-corrected chi connectivity index (χ1v) is 4.10. The van der Waals surface area contributed by atoms with Gasteiger partial charge in [-0.3, -0.25) is 0 Å². The molecule has 1 nitrogen and oxygen atoms in total. The Morgan fingerprint density at radius 2 is 2.30 bits per heavy atom. The summed E-state index contributed by atoms with van der Waals surface area (Å²) in [5.74, 6) is 1.48. The van der Waals surface area contributed by atoms with Crippen molar-refractivity contribution in [1.82, 2.24) is 0 Å². The van der Waals surface area contributed by atoms with E-state index in [-0.39, 0.29) is 0 Å². The lowest BCUT2D eigenvalue weighted by molar-refractivity contribution is 0.267. The Labute approximate surface area is 62.8 Å². The van der Waals surface area contributed by atoms with Crippen molar-refractivity contribution in [3.8, 4) is 0 Å². The molecule has 0 radical (unpaired) electrons. The fraction of sp³-hybridized carbons (Fsp3) is 0.778. The third-order valence-corrected chi connectivity index (χ3v) is 2.29. The van der Waals surface area contributed by atoms with Gasteiger partial charge >= 0.3 is 0 Å². The average molecular weight is 140 g/mol. The van der Waals surface area contributed by atoms with Crippen molar-refractivity contribution in [1.29, 1.82) is 0 Å². The van der Waals surface area contributed by atoms with Gasteiger partial charge in [-0.2, -0.15) is 0 Å². The highest BCUT2D eigenvalue weighted by Crippen LogP contribution is 2.41. The van der Waals surface area contributed by atoms with Crippen LogP contribution < -0.4 is 0 Å². The van der Waals surface area contributed by atoms with Gasteiger partial charge < -0.3 is 5.11 Å². The second-order valence-corrected chi connectivity index (χ2v) is 3.16. The molecule has 0 aromatic carbocycles. The van der Waals surface area contributed by atoms with Crippen molar-refractivity contribution >= 4 is 0 Å². The van der Waals surface area contributed by atoms with E-state index in [1.165, 1.54) is 19.3 Å². The summed E-state index contributed by atoms with van der Waals surface area (Å²) in [6.45, 7) is 4.07. The van der Waals surface area contributed by atoms with E-state index in [0.717, 1.165) is 12.3 Å². The summed E-state index contributed by atoms with van der Waals surface area (Å²) in [4.78, 5) is 0. The number of unbranched alkanes of at least 4 members (excludes halogenated alkanes) is 1. The van der Waals surface area contributed by atoms with Crippen LogP contribution in [0, 0.1) is 11.8 Å². The first-order valence-electron chi connectivity index (χ1n) is 4.10. The third kappa shape index (κ3) is 2.14. The van der Waals surface area contributed by atoms with E-state index < -0.39 is 0 Å². The van der Waals surface area contributed by atoms with Gasteiger partial charge in [0.25, 0.3) is 0 Å². The van der Waals surface area contributed by atoms with E-state index in [1.54, 1.807) is 0 Å². The molecule has 10 heavy (non-hydrogen) atoms. The quantitative estimate of drug-likeness (QED) is 0.457. The van der Waals surface area contributed by atoms with Crippen molar-refractivity contribution in [3.63, 3.8) is 0 Å². The van der Waals surface area contributed by atoms with Crippen LogP contribution in [-0.2, 0) is 0 Å². The molecule has 2 atom stereocenters. The Kier molecular flexibility index (Phi) is 2.94. The van der Waals surface area contributed by atoms with Crippen LogP contribution >= 0.6 is 0 Å². The van der Waals surface area contributed by atoms with Crippen LogP contribution in [0.15, 0.2) is 12.7 Å². The summed E-state index contributed by atoms with van der Waals surface area (Å²) in [7, 11) is 0. The average Bonchev–Trinajstić information content (AvgIpc) is 2.68. The summed E-state index contributed by atoms with van der Waals surface area (Å²) in [6, 6.07) is 0. The van der Waals surface area contributed by atoms with Gasteiger partial charge in [0.05, 0.1) is 0 Å². The summed E-state index contributed by atoms with van der Waals surface area (Å²) in [6.07, 6.45) is 6.90. The smallest absolute Gasteiger partial charge is 0.0462 e. The fourth-order valence-corrected chi connectivity index (χ4v) is 1.41. The van der Waals surface area contributed by atoms with Crippen molar-refractivity contribution in [2.45, 2.75) is 25.7 Å². The molecule has 1 fully saturated rings. The molecular weight excluding hydrogens is 124 g/mol. The molecule has 58 valence electrons. The number of allylic oxidation sites excluding steroid dienone is 1. The summed E-state index contributed by atoms with van der Waals surface area (Å²) in [5, 5.41) is 8.71. The van der Waals surface area contributed by atoms with Gasteiger partial charge in [-0.05, 0) is 37.5 Å². The zero-order chi connectivity index (χ0) is 7.40. The molecule has 0 bridgehead atoms. The fourth-order valence-electron chi connectivity index (χ4n) is 1.41. The molecule has 1 saturated carbocycles. The summed E-state index contributed by atoms with van der Waals surface area (Å²) in [5.41, 5.74) is 0. The van der Waals surface area contributed by atoms with Gasteiger partial charge in [0, 0.05) is 6.61 Å². The van der Waals surface area contributed by atoms with E-state index in [9.17, 15) is 0 Å². The number of rotatable bonds is 5. The molecule has 0 heterocycles. The van der Waals surface area contributed by atoms with E-state index >= 15 is 0 Å². The maximum atomic E-state index is 8.71. The minimum atomic E-state index is 0.402. The highest BCUT2D eigenvalue weighted by Gasteiger charge is 2.34. The standard InChI is InChI=1S/C9H16O/c1-2-3-4-5-8-6-9(8)7-10/h2,8-10H,1,3-7H2/t8-,9+/m0/s1. The lowest BCUT2D eigenvalue weighted by Gasteiger charge is -1.94. The van der Waals surface area contributed by atoms with Gasteiger partial charge in [-0.15, -0.1) is 6.58 Å². The minimum Gasteiger partial charge on any atom is -0.396 e. The number of hydrogen-bond acceptors (Lipinski definition) is 1. The Balaban J connectivity index is 1.91. The van der Waals surface area contributed by atoms with Gasteiger partial charge in [-0.1, -0.05) is 6.08 Å². The highest BCUT2D eigenvalue weighted by atomic mass is 16.3. The Morgan fingerprint density at radius 3 is 2.80 bits per heavy atom. The van der Waals surface area contributed by atoms with Crippen LogP contribution in [0.3, 0.4) is 0 Å². The van der Waals surface area contributed by atoms with Crippen LogP contribution in [-0.4, -0.2) is 11.7 Å². The number of aliphatic hydroxyl groups excluding tert-OH is 1. The zero-order valence-electron chi connectivity index (χ0n) is 6.42. The largest absolute Gasteiger partial charge is 0.396 e.